The van der Waals surface area contributed by atoms with E-state index < -0.39 is 0 Å². The van der Waals surface area contributed by atoms with Crippen LogP contribution in [0, 0.1) is 0 Å². The van der Waals surface area contributed by atoms with Gasteiger partial charge in [-0.1, -0.05) is 60.1 Å². The van der Waals surface area contributed by atoms with Crippen molar-refractivity contribution in [3.8, 4) is 5.75 Å². The molecule has 1 atom stereocenters. The van der Waals surface area contributed by atoms with Gasteiger partial charge in [0.05, 0.1) is 6.04 Å². The van der Waals surface area contributed by atoms with Crippen LogP contribution in [-0.2, 0) is 0 Å². The highest BCUT2D eigenvalue weighted by molar-refractivity contribution is 9.10. The first-order valence-corrected chi connectivity index (χ1v) is 7.13. The molecule has 0 bridgehead atoms. The van der Waals surface area contributed by atoms with Crippen LogP contribution in [0.5, 0.6) is 5.75 Å². The summed E-state index contributed by atoms with van der Waals surface area (Å²) in [6.45, 7) is 4.11. The van der Waals surface area contributed by atoms with Crippen molar-refractivity contribution in [2.75, 3.05) is 0 Å². The molecule has 0 aliphatic rings. The van der Waals surface area contributed by atoms with Gasteiger partial charge < -0.3 is 10.8 Å². The molecule has 3 N–H and O–H groups in total. The zero-order chi connectivity index (χ0) is 14.0. The Hall–Kier alpha value is -1.32. The summed E-state index contributed by atoms with van der Waals surface area (Å²) in [4.78, 5) is 0. The average Bonchev–Trinajstić information content (AvgIpc) is 2.41. The van der Waals surface area contributed by atoms with E-state index in [1.54, 1.807) is 0 Å². The van der Waals surface area contributed by atoms with Crippen molar-refractivity contribution >= 4 is 15.9 Å². The number of phenolic OH excluding ortho intramolecular Hbond substituents is 1. The summed E-state index contributed by atoms with van der Waals surface area (Å²) in [5.41, 5.74) is 8.93. The monoisotopic (exact) mass is 319 g/mol. The quantitative estimate of drug-likeness (QED) is 0.884. The lowest BCUT2D eigenvalue weighted by atomic mass is 9.93. The number of halogens is 1. The van der Waals surface area contributed by atoms with Crippen LogP contribution in [0.4, 0.5) is 0 Å². The molecule has 3 heteroatoms. The summed E-state index contributed by atoms with van der Waals surface area (Å²) in [7, 11) is 0. The van der Waals surface area contributed by atoms with Gasteiger partial charge in [0, 0.05) is 10.0 Å². The molecule has 100 valence electrons. The molecule has 0 saturated heterocycles. The fourth-order valence-electron chi connectivity index (χ4n) is 2.16. The van der Waals surface area contributed by atoms with Crippen LogP contribution in [0.1, 0.15) is 42.5 Å². The molecule has 2 nitrogen and oxygen atoms in total. The molecule has 2 aromatic rings. The number of phenols is 1. The van der Waals surface area contributed by atoms with Crippen LogP contribution in [0.3, 0.4) is 0 Å². The fraction of sp³-hybridized carbons (Fsp3) is 0.250. The SMILES string of the molecule is CC(C)c1cc(Br)cc(C(N)c2ccccc2)c1O. The minimum Gasteiger partial charge on any atom is -0.507 e. The van der Waals surface area contributed by atoms with Crippen LogP contribution in [0.15, 0.2) is 46.9 Å². The van der Waals surface area contributed by atoms with E-state index in [0.717, 1.165) is 21.2 Å². The first-order valence-electron chi connectivity index (χ1n) is 6.33. The number of benzene rings is 2. The lowest BCUT2D eigenvalue weighted by Gasteiger charge is -2.18. The minimum absolute atomic E-state index is 0.249. The van der Waals surface area contributed by atoms with Gasteiger partial charge >= 0.3 is 0 Å². The smallest absolute Gasteiger partial charge is 0.124 e. The van der Waals surface area contributed by atoms with Crippen LogP contribution in [-0.4, -0.2) is 5.11 Å². The molecule has 0 fully saturated rings. The maximum atomic E-state index is 10.4. The van der Waals surface area contributed by atoms with Crippen LogP contribution in [0.25, 0.3) is 0 Å². The fourth-order valence-corrected chi connectivity index (χ4v) is 2.65. The summed E-state index contributed by atoms with van der Waals surface area (Å²) in [5, 5.41) is 10.4. The van der Waals surface area contributed by atoms with Crippen LogP contribution in [0.2, 0.25) is 0 Å². The zero-order valence-corrected chi connectivity index (χ0v) is 12.7. The molecule has 0 heterocycles. The van der Waals surface area contributed by atoms with Gasteiger partial charge in [0.25, 0.3) is 0 Å². The highest BCUT2D eigenvalue weighted by Gasteiger charge is 2.18. The van der Waals surface area contributed by atoms with Gasteiger partial charge in [-0.3, -0.25) is 0 Å². The Morgan fingerprint density at radius 3 is 2.21 bits per heavy atom. The first kappa shape index (κ1) is 14.1. The normalized spacial score (nSPS) is 12.7. The van der Waals surface area contributed by atoms with Gasteiger partial charge in [-0.25, -0.2) is 0 Å². The molecule has 2 aromatic carbocycles. The van der Waals surface area contributed by atoms with Gasteiger partial charge in [-0.2, -0.15) is 0 Å². The van der Waals surface area contributed by atoms with E-state index in [2.05, 4.69) is 29.8 Å². The third-order valence-electron chi connectivity index (χ3n) is 3.25. The topological polar surface area (TPSA) is 46.2 Å². The second-order valence-electron chi connectivity index (χ2n) is 4.98. The van der Waals surface area contributed by atoms with Crippen molar-refractivity contribution in [3.05, 3.63) is 63.6 Å². The number of rotatable bonds is 3. The maximum absolute atomic E-state index is 10.4. The molecule has 0 spiro atoms. The van der Waals surface area contributed by atoms with Gasteiger partial charge in [0.15, 0.2) is 0 Å². The van der Waals surface area contributed by atoms with Crippen molar-refractivity contribution in [1.29, 1.82) is 0 Å². The first-order chi connectivity index (χ1) is 9.00. The molecule has 1 unspecified atom stereocenters. The molecule has 2 rings (SSSR count). The molecule has 0 radical (unpaired) electrons. The van der Waals surface area contributed by atoms with E-state index in [-0.39, 0.29) is 12.0 Å². The number of aromatic hydroxyl groups is 1. The summed E-state index contributed by atoms with van der Waals surface area (Å²) in [5.74, 6) is 0.550. The predicted molar refractivity (Wildman–Crippen MR) is 82.4 cm³/mol. The lowest BCUT2D eigenvalue weighted by Crippen LogP contribution is -2.12. The second kappa shape index (κ2) is 5.76. The molecular weight excluding hydrogens is 302 g/mol. The van der Waals surface area contributed by atoms with Crippen molar-refractivity contribution in [3.63, 3.8) is 0 Å². The standard InChI is InChI=1S/C16H18BrNO/c1-10(2)13-8-12(17)9-14(16(13)19)15(18)11-6-4-3-5-7-11/h3-10,15,19H,18H2,1-2H3. The Morgan fingerprint density at radius 1 is 1.05 bits per heavy atom. The van der Waals surface area contributed by atoms with E-state index in [9.17, 15) is 5.11 Å². The summed E-state index contributed by atoms with van der Waals surface area (Å²) >= 11 is 3.49. The largest absolute Gasteiger partial charge is 0.507 e. The maximum Gasteiger partial charge on any atom is 0.124 e. The highest BCUT2D eigenvalue weighted by atomic mass is 79.9. The van der Waals surface area contributed by atoms with Crippen LogP contribution < -0.4 is 5.73 Å². The molecule has 0 saturated carbocycles. The van der Waals surface area contributed by atoms with Gasteiger partial charge in [-0.05, 0) is 29.2 Å². The van der Waals surface area contributed by atoms with Gasteiger partial charge in [-0.15, -0.1) is 0 Å². The zero-order valence-electron chi connectivity index (χ0n) is 11.1. The molecule has 0 aliphatic carbocycles. The predicted octanol–water partition coefficient (Wildman–Crippen LogP) is 4.33. The van der Waals surface area contributed by atoms with E-state index in [1.165, 1.54) is 0 Å². The third-order valence-corrected chi connectivity index (χ3v) is 3.71. The number of hydrogen-bond donors (Lipinski definition) is 2. The molecule has 19 heavy (non-hydrogen) atoms. The van der Waals surface area contributed by atoms with Crippen molar-refractivity contribution in [2.24, 2.45) is 5.73 Å². The van der Waals surface area contributed by atoms with E-state index >= 15 is 0 Å². The molecular formula is C16H18BrNO. The van der Waals surface area contributed by atoms with Crippen molar-refractivity contribution < 1.29 is 5.11 Å². The Balaban J connectivity index is 2.51. The summed E-state index contributed by atoms with van der Waals surface area (Å²) in [6, 6.07) is 13.3. The Morgan fingerprint density at radius 2 is 1.63 bits per heavy atom. The summed E-state index contributed by atoms with van der Waals surface area (Å²) in [6.07, 6.45) is 0. The highest BCUT2D eigenvalue weighted by Crippen LogP contribution is 2.36. The summed E-state index contributed by atoms with van der Waals surface area (Å²) < 4.78 is 0.940. The molecule has 0 aromatic heterocycles. The Kier molecular flexibility index (Phi) is 4.27. The minimum atomic E-state index is -0.323. The Bertz CT molecular complexity index is 566. The van der Waals surface area contributed by atoms with Crippen molar-refractivity contribution in [2.45, 2.75) is 25.8 Å². The van der Waals surface area contributed by atoms with Gasteiger partial charge in [0.1, 0.15) is 5.75 Å². The average molecular weight is 320 g/mol. The van der Waals surface area contributed by atoms with Crippen molar-refractivity contribution in [1.82, 2.24) is 0 Å². The third kappa shape index (κ3) is 2.99. The Labute approximate surface area is 122 Å². The van der Waals surface area contributed by atoms with E-state index in [1.807, 2.05) is 42.5 Å². The lowest BCUT2D eigenvalue weighted by molar-refractivity contribution is 0.454. The van der Waals surface area contributed by atoms with E-state index in [4.69, 9.17) is 5.73 Å². The number of hydrogen-bond acceptors (Lipinski definition) is 2. The van der Waals surface area contributed by atoms with Gasteiger partial charge in [0.2, 0.25) is 0 Å². The second-order valence-corrected chi connectivity index (χ2v) is 5.89. The van der Waals surface area contributed by atoms with E-state index in [0.29, 0.717) is 5.75 Å². The molecule has 0 aliphatic heterocycles. The molecule has 0 amide bonds. The van der Waals surface area contributed by atoms with Crippen LogP contribution >= 0.6 is 15.9 Å². The number of nitrogens with two attached hydrogens (primary N) is 1.